The van der Waals surface area contributed by atoms with Crippen LogP contribution in [0, 0.1) is 0 Å². The first-order chi connectivity index (χ1) is 14.2. The van der Waals surface area contributed by atoms with Crippen molar-refractivity contribution in [1.82, 2.24) is 4.90 Å². The number of nitrogens with zero attached hydrogens (tertiary/aromatic N) is 1. The Balaban J connectivity index is 1.53. The fraction of sp³-hybridized carbons (Fsp3) is 0.125. The van der Waals surface area contributed by atoms with Crippen molar-refractivity contribution in [2.45, 2.75) is 13.1 Å². The van der Waals surface area contributed by atoms with Crippen molar-refractivity contribution in [3.63, 3.8) is 0 Å². The molecule has 0 saturated carbocycles. The zero-order valence-corrected chi connectivity index (χ0v) is 16.4. The SMILES string of the molecule is O=c1oc2c3c(ccc2cc1-c1ccccc1)OCN(Cc1ccccc1Cl)C3. The Morgan fingerprint density at radius 3 is 2.59 bits per heavy atom. The van der Waals surface area contributed by atoms with E-state index in [0.717, 1.165) is 32.8 Å². The summed E-state index contributed by atoms with van der Waals surface area (Å²) in [5, 5.41) is 1.61. The van der Waals surface area contributed by atoms with Crippen molar-refractivity contribution in [2.75, 3.05) is 6.73 Å². The summed E-state index contributed by atoms with van der Waals surface area (Å²) in [5.41, 5.74) is 3.56. The number of hydrogen-bond acceptors (Lipinski definition) is 4. The lowest BCUT2D eigenvalue weighted by Gasteiger charge is -2.29. The molecule has 1 aliphatic rings. The number of rotatable bonds is 3. The van der Waals surface area contributed by atoms with Crippen LogP contribution in [0.15, 0.2) is 82.0 Å². The van der Waals surface area contributed by atoms with E-state index in [1.807, 2.05) is 72.8 Å². The molecule has 4 aromatic rings. The first-order valence-electron chi connectivity index (χ1n) is 9.43. The van der Waals surface area contributed by atoms with Gasteiger partial charge in [-0.2, -0.15) is 0 Å². The van der Waals surface area contributed by atoms with Crippen molar-refractivity contribution in [1.29, 1.82) is 0 Å². The molecule has 0 unspecified atom stereocenters. The summed E-state index contributed by atoms with van der Waals surface area (Å²) in [6.45, 7) is 1.73. The fourth-order valence-electron chi connectivity index (χ4n) is 3.73. The zero-order chi connectivity index (χ0) is 19.8. The highest BCUT2D eigenvalue weighted by atomic mass is 35.5. The summed E-state index contributed by atoms with van der Waals surface area (Å²) in [4.78, 5) is 14.8. The highest BCUT2D eigenvalue weighted by molar-refractivity contribution is 6.31. The van der Waals surface area contributed by atoms with Gasteiger partial charge in [-0.3, -0.25) is 4.90 Å². The lowest BCUT2D eigenvalue weighted by Crippen LogP contribution is -2.31. The van der Waals surface area contributed by atoms with Gasteiger partial charge in [0.1, 0.15) is 18.1 Å². The molecule has 0 bridgehead atoms. The molecule has 3 aromatic carbocycles. The van der Waals surface area contributed by atoms with Crippen LogP contribution in [-0.4, -0.2) is 11.6 Å². The largest absolute Gasteiger partial charge is 0.478 e. The average Bonchev–Trinajstić information content (AvgIpc) is 2.75. The van der Waals surface area contributed by atoms with Gasteiger partial charge in [0.15, 0.2) is 0 Å². The van der Waals surface area contributed by atoms with E-state index in [-0.39, 0.29) is 5.63 Å². The van der Waals surface area contributed by atoms with E-state index in [1.165, 1.54) is 0 Å². The molecule has 29 heavy (non-hydrogen) atoms. The Morgan fingerprint density at radius 1 is 0.966 bits per heavy atom. The molecule has 5 rings (SSSR count). The number of hydrogen-bond donors (Lipinski definition) is 0. The molecule has 0 saturated heterocycles. The predicted molar refractivity (Wildman–Crippen MR) is 114 cm³/mol. The first-order valence-corrected chi connectivity index (χ1v) is 9.80. The Bertz CT molecular complexity index is 1250. The first kappa shape index (κ1) is 18.0. The van der Waals surface area contributed by atoms with Gasteiger partial charge in [-0.05, 0) is 35.4 Å². The standard InChI is InChI=1S/C24H18ClNO3/c25-21-9-5-4-8-18(21)13-26-14-20-22(28-15-26)11-10-17-12-19(24(27)29-23(17)20)16-6-2-1-3-7-16/h1-12H,13-15H2. The van der Waals surface area contributed by atoms with Crippen molar-refractivity contribution in [3.05, 3.63) is 99.4 Å². The minimum atomic E-state index is -0.347. The summed E-state index contributed by atoms with van der Waals surface area (Å²) in [6, 6.07) is 23.1. The smallest absolute Gasteiger partial charge is 0.344 e. The molecular weight excluding hydrogens is 386 g/mol. The van der Waals surface area contributed by atoms with Gasteiger partial charge in [-0.25, -0.2) is 4.79 Å². The second-order valence-electron chi connectivity index (χ2n) is 7.13. The Kier molecular flexibility index (Phi) is 4.58. The number of fused-ring (bicyclic) bond motifs is 3. The third-order valence-corrected chi connectivity index (χ3v) is 5.55. The van der Waals surface area contributed by atoms with Crippen LogP contribution < -0.4 is 10.4 Å². The van der Waals surface area contributed by atoms with Crippen LogP contribution in [0.2, 0.25) is 5.02 Å². The lowest BCUT2D eigenvalue weighted by atomic mass is 10.0. The molecule has 2 heterocycles. The molecule has 0 aliphatic carbocycles. The Morgan fingerprint density at radius 2 is 1.76 bits per heavy atom. The van der Waals surface area contributed by atoms with Crippen molar-refractivity contribution < 1.29 is 9.15 Å². The molecule has 0 fully saturated rings. The monoisotopic (exact) mass is 403 g/mol. The summed E-state index contributed by atoms with van der Waals surface area (Å²) < 4.78 is 11.7. The highest BCUT2D eigenvalue weighted by Crippen LogP contribution is 2.34. The summed E-state index contributed by atoms with van der Waals surface area (Å²) in [6.07, 6.45) is 0. The van der Waals surface area contributed by atoms with Gasteiger partial charge in [0.05, 0.1) is 11.1 Å². The third kappa shape index (κ3) is 3.41. The van der Waals surface area contributed by atoms with E-state index in [0.29, 0.717) is 31.0 Å². The molecular formula is C24H18ClNO3. The average molecular weight is 404 g/mol. The quantitative estimate of drug-likeness (QED) is 0.426. The van der Waals surface area contributed by atoms with E-state index in [4.69, 9.17) is 20.8 Å². The minimum Gasteiger partial charge on any atom is -0.478 e. The van der Waals surface area contributed by atoms with Crippen LogP contribution in [-0.2, 0) is 13.1 Å². The Hall–Kier alpha value is -3.08. The highest BCUT2D eigenvalue weighted by Gasteiger charge is 2.22. The van der Waals surface area contributed by atoms with Crippen LogP contribution in [0.4, 0.5) is 0 Å². The number of halogens is 1. The topological polar surface area (TPSA) is 42.7 Å². The van der Waals surface area contributed by atoms with Gasteiger partial charge in [0.25, 0.3) is 0 Å². The van der Waals surface area contributed by atoms with Gasteiger partial charge in [-0.1, -0.05) is 60.1 Å². The van der Waals surface area contributed by atoms with E-state index in [1.54, 1.807) is 0 Å². The van der Waals surface area contributed by atoms with Crippen LogP contribution in [0.5, 0.6) is 5.75 Å². The maximum Gasteiger partial charge on any atom is 0.344 e. The molecule has 0 amide bonds. The molecule has 0 atom stereocenters. The van der Waals surface area contributed by atoms with E-state index < -0.39 is 0 Å². The molecule has 5 heteroatoms. The predicted octanol–water partition coefficient (Wildman–Crippen LogP) is 5.47. The second kappa shape index (κ2) is 7.39. The third-order valence-electron chi connectivity index (χ3n) is 5.18. The normalized spacial score (nSPS) is 13.8. The second-order valence-corrected chi connectivity index (χ2v) is 7.53. The van der Waals surface area contributed by atoms with Crippen molar-refractivity contribution >= 4 is 22.6 Å². The van der Waals surface area contributed by atoms with E-state index in [9.17, 15) is 4.79 Å². The molecule has 4 nitrogen and oxygen atoms in total. The molecule has 0 N–H and O–H groups in total. The maximum absolute atomic E-state index is 12.7. The van der Waals surface area contributed by atoms with Crippen LogP contribution in [0.1, 0.15) is 11.1 Å². The minimum absolute atomic E-state index is 0.347. The number of benzene rings is 3. The summed E-state index contributed by atoms with van der Waals surface area (Å²) in [7, 11) is 0. The van der Waals surface area contributed by atoms with Crippen LogP contribution in [0.3, 0.4) is 0 Å². The van der Waals surface area contributed by atoms with Crippen molar-refractivity contribution in [3.8, 4) is 16.9 Å². The molecule has 0 radical (unpaired) electrons. The van der Waals surface area contributed by atoms with Gasteiger partial charge >= 0.3 is 5.63 Å². The fourth-order valence-corrected chi connectivity index (χ4v) is 3.92. The Labute approximate surface area is 172 Å². The van der Waals surface area contributed by atoms with Gasteiger partial charge in [0.2, 0.25) is 0 Å². The number of ether oxygens (including phenoxy) is 1. The summed E-state index contributed by atoms with van der Waals surface area (Å²) in [5.74, 6) is 0.753. The molecule has 1 aromatic heterocycles. The summed E-state index contributed by atoms with van der Waals surface area (Å²) >= 11 is 6.31. The van der Waals surface area contributed by atoms with Crippen LogP contribution in [0.25, 0.3) is 22.1 Å². The lowest BCUT2D eigenvalue weighted by molar-refractivity contribution is 0.0890. The zero-order valence-electron chi connectivity index (χ0n) is 15.6. The van der Waals surface area contributed by atoms with Gasteiger partial charge < -0.3 is 9.15 Å². The molecule has 1 aliphatic heterocycles. The van der Waals surface area contributed by atoms with Crippen molar-refractivity contribution in [2.24, 2.45) is 0 Å². The van der Waals surface area contributed by atoms with E-state index in [2.05, 4.69) is 4.90 Å². The van der Waals surface area contributed by atoms with Gasteiger partial charge in [-0.15, -0.1) is 0 Å². The van der Waals surface area contributed by atoms with E-state index >= 15 is 0 Å². The van der Waals surface area contributed by atoms with Crippen LogP contribution >= 0.6 is 11.6 Å². The maximum atomic E-state index is 12.7. The molecule has 144 valence electrons. The molecule has 0 spiro atoms. The van der Waals surface area contributed by atoms with Gasteiger partial charge in [0, 0.05) is 23.5 Å².